The number of halogens is 1. The molecule has 7 rings (SSSR count). The summed E-state index contributed by atoms with van der Waals surface area (Å²) < 4.78 is 13.1. The molecule has 0 fully saturated rings. The summed E-state index contributed by atoms with van der Waals surface area (Å²) in [4.78, 5) is 26.0. The van der Waals surface area contributed by atoms with Gasteiger partial charge in [-0.1, -0.05) is 35.9 Å². The van der Waals surface area contributed by atoms with Crippen LogP contribution in [0.5, 0.6) is 0 Å². The Morgan fingerprint density at radius 2 is 1.76 bits per heavy atom. The van der Waals surface area contributed by atoms with E-state index in [9.17, 15) is 4.79 Å². The summed E-state index contributed by atoms with van der Waals surface area (Å²) in [7, 11) is 0. The molecule has 0 bridgehead atoms. The smallest absolute Gasteiger partial charge is 0.282 e. The Labute approximate surface area is 223 Å². The van der Waals surface area contributed by atoms with Crippen molar-refractivity contribution in [1.29, 1.82) is 0 Å². The predicted octanol–water partition coefficient (Wildman–Crippen LogP) is 6.97. The van der Waals surface area contributed by atoms with E-state index in [0.29, 0.717) is 43.3 Å². The maximum atomic E-state index is 13.4. The maximum absolute atomic E-state index is 13.4. The zero-order valence-electron chi connectivity index (χ0n) is 19.5. The van der Waals surface area contributed by atoms with Crippen LogP contribution in [-0.4, -0.2) is 25.8 Å². The topological polar surface area (TPSA) is 102 Å². The van der Waals surface area contributed by atoms with Crippen LogP contribution in [0.15, 0.2) is 114 Å². The third-order valence-corrected chi connectivity index (χ3v) is 6.96. The van der Waals surface area contributed by atoms with Gasteiger partial charge in [-0.25, -0.2) is 9.97 Å². The number of aromatic nitrogens is 4. The molecule has 0 spiro atoms. The number of imidazole rings is 1. The summed E-state index contributed by atoms with van der Waals surface area (Å²) in [5, 5.41) is 7.61. The lowest BCUT2D eigenvalue weighted by Gasteiger charge is -2.06. The van der Waals surface area contributed by atoms with Crippen LogP contribution in [0.25, 0.3) is 44.5 Å². The average Bonchev–Trinajstić information content (AvgIpc) is 3.66. The van der Waals surface area contributed by atoms with Gasteiger partial charge in [-0.05, 0) is 72.4 Å². The zero-order chi connectivity index (χ0) is 25.6. The van der Waals surface area contributed by atoms with Gasteiger partial charge in [0.2, 0.25) is 5.82 Å². The molecule has 7 aromatic rings. The second kappa shape index (κ2) is 9.05. The van der Waals surface area contributed by atoms with Crippen LogP contribution >= 0.6 is 23.4 Å². The number of nitrogens with zero attached hydrogens (tertiary/aromatic N) is 4. The Hall–Kier alpha value is -4.60. The van der Waals surface area contributed by atoms with Gasteiger partial charge in [-0.3, -0.25) is 4.79 Å². The fraction of sp³-hybridized carbons (Fsp3) is 0. The molecule has 0 unspecified atom stereocenters. The van der Waals surface area contributed by atoms with Crippen LogP contribution in [0.2, 0.25) is 5.02 Å². The Balaban J connectivity index is 1.26. The van der Waals surface area contributed by atoms with E-state index in [1.54, 1.807) is 48.5 Å². The summed E-state index contributed by atoms with van der Waals surface area (Å²) in [5.74, 6) is 1.12. The van der Waals surface area contributed by atoms with Crippen molar-refractivity contribution in [3.63, 3.8) is 0 Å². The maximum Gasteiger partial charge on any atom is 0.282 e. The first-order valence-corrected chi connectivity index (χ1v) is 12.8. The molecule has 4 heterocycles. The second-order valence-electron chi connectivity index (χ2n) is 8.42. The van der Waals surface area contributed by atoms with Crippen molar-refractivity contribution in [3.8, 4) is 11.6 Å². The fourth-order valence-electron chi connectivity index (χ4n) is 4.16. The number of rotatable bonds is 5. The lowest BCUT2D eigenvalue weighted by Crippen LogP contribution is -2.20. The van der Waals surface area contributed by atoms with E-state index in [1.807, 2.05) is 36.4 Å². The highest BCUT2D eigenvalue weighted by atomic mass is 35.5. The monoisotopic (exact) mass is 537 g/mol. The molecule has 3 aromatic carbocycles. The van der Waals surface area contributed by atoms with Gasteiger partial charge in [-0.2, -0.15) is 9.78 Å². The minimum Gasteiger partial charge on any atom is -0.453 e. The van der Waals surface area contributed by atoms with Gasteiger partial charge in [0.15, 0.2) is 16.0 Å². The molecular weight excluding hydrogens is 522 g/mol. The number of fused-ring (bicyclic) bond motifs is 3. The number of hydrogen-bond acceptors (Lipinski definition) is 7. The van der Waals surface area contributed by atoms with Crippen molar-refractivity contribution >= 4 is 62.5 Å². The number of benzene rings is 3. The lowest BCUT2D eigenvalue weighted by molar-refractivity contribution is 0.468. The third-order valence-electron chi connectivity index (χ3n) is 5.92. The first-order valence-electron chi connectivity index (χ1n) is 11.6. The number of nitrogens with one attached hydrogen (secondary N) is 1. The highest BCUT2D eigenvalue weighted by Crippen LogP contribution is 2.30. The van der Waals surface area contributed by atoms with Gasteiger partial charge in [-0.15, -0.1) is 0 Å². The van der Waals surface area contributed by atoms with Crippen molar-refractivity contribution in [2.45, 2.75) is 10.2 Å². The van der Waals surface area contributed by atoms with Crippen LogP contribution in [-0.2, 0) is 0 Å². The van der Waals surface area contributed by atoms with E-state index in [-0.39, 0.29) is 11.4 Å². The summed E-state index contributed by atoms with van der Waals surface area (Å²) in [6.45, 7) is 0. The largest absolute Gasteiger partial charge is 0.453 e. The minimum absolute atomic E-state index is 0.265. The van der Waals surface area contributed by atoms with Gasteiger partial charge in [0, 0.05) is 10.4 Å². The Morgan fingerprint density at radius 1 is 0.921 bits per heavy atom. The standard InChI is InChI=1S/C28H16ClN5O3S/c29-17-9-11-23-16(13-17)14-24(37-23)26-31-20-6-2-1-5-19(20)27(35)34(26)30-15-18-10-12-25(36-18)38-28-32-21-7-3-4-8-22(21)33-28/h1-15H,(H,32,33). The van der Waals surface area contributed by atoms with E-state index in [4.69, 9.17) is 25.4 Å². The van der Waals surface area contributed by atoms with Crippen LogP contribution in [0.4, 0.5) is 0 Å². The fourth-order valence-corrected chi connectivity index (χ4v) is 5.11. The van der Waals surface area contributed by atoms with Crippen molar-refractivity contribution < 1.29 is 8.83 Å². The number of aromatic amines is 1. The molecule has 0 amide bonds. The summed E-state index contributed by atoms with van der Waals surface area (Å²) in [6, 6.07) is 25.6. The molecule has 0 aliphatic heterocycles. The Kier molecular flexibility index (Phi) is 5.38. The first kappa shape index (κ1) is 22.6. The highest BCUT2D eigenvalue weighted by Gasteiger charge is 2.17. The molecule has 0 aliphatic rings. The molecule has 0 saturated heterocycles. The van der Waals surface area contributed by atoms with Crippen LogP contribution in [0.3, 0.4) is 0 Å². The number of hydrogen-bond donors (Lipinski definition) is 1. The molecule has 184 valence electrons. The molecule has 1 N–H and O–H groups in total. The van der Waals surface area contributed by atoms with E-state index in [0.717, 1.165) is 16.4 Å². The average molecular weight is 538 g/mol. The summed E-state index contributed by atoms with van der Waals surface area (Å²) in [5.41, 5.74) is 2.67. The molecule has 0 aliphatic carbocycles. The number of H-pyrrole nitrogens is 1. The van der Waals surface area contributed by atoms with E-state index < -0.39 is 0 Å². The number of furan rings is 2. The first-order chi connectivity index (χ1) is 18.6. The highest BCUT2D eigenvalue weighted by molar-refractivity contribution is 7.99. The van der Waals surface area contributed by atoms with E-state index >= 15 is 0 Å². The van der Waals surface area contributed by atoms with Crippen molar-refractivity contribution in [2.75, 3.05) is 0 Å². The van der Waals surface area contributed by atoms with Crippen molar-refractivity contribution in [2.24, 2.45) is 5.10 Å². The molecule has 4 aromatic heterocycles. The number of para-hydroxylation sites is 3. The Morgan fingerprint density at radius 3 is 2.66 bits per heavy atom. The van der Waals surface area contributed by atoms with Crippen LogP contribution in [0.1, 0.15) is 5.76 Å². The van der Waals surface area contributed by atoms with Gasteiger partial charge in [0.25, 0.3) is 5.56 Å². The molecule has 38 heavy (non-hydrogen) atoms. The molecule has 0 saturated carbocycles. The predicted molar refractivity (Wildman–Crippen MR) is 148 cm³/mol. The minimum atomic E-state index is -0.330. The molecular formula is C28H16ClN5O3S. The molecule has 0 atom stereocenters. The van der Waals surface area contributed by atoms with E-state index in [2.05, 4.69) is 15.1 Å². The summed E-state index contributed by atoms with van der Waals surface area (Å²) in [6.07, 6.45) is 1.48. The molecule has 8 nitrogen and oxygen atoms in total. The van der Waals surface area contributed by atoms with E-state index in [1.165, 1.54) is 22.7 Å². The van der Waals surface area contributed by atoms with Crippen LogP contribution < -0.4 is 5.56 Å². The van der Waals surface area contributed by atoms with Gasteiger partial charge in [0.1, 0.15) is 11.3 Å². The third kappa shape index (κ3) is 4.07. The van der Waals surface area contributed by atoms with Crippen molar-refractivity contribution in [1.82, 2.24) is 19.6 Å². The quantitative estimate of drug-likeness (QED) is 0.238. The van der Waals surface area contributed by atoms with Gasteiger partial charge < -0.3 is 13.8 Å². The van der Waals surface area contributed by atoms with Gasteiger partial charge in [0.05, 0.1) is 28.2 Å². The SMILES string of the molecule is O=c1c2ccccc2nc(-c2cc3cc(Cl)ccc3o2)n1N=Cc1ccc(Sc2nc3ccccc3[nH]2)o1. The normalized spacial score (nSPS) is 11.9. The van der Waals surface area contributed by atoms with Gasteiger partial charge >= 0.3 is 0 Å². The second-order valence-corrected chi connectivity index (χ2v) is 9.85. The van der Waals surface area contributed by atoms with Crippen molar-refractivity contribution in [3.05, 3.63) is 106 Å². The zero-order valence-corrected chi connectivity index (χ0v) is 21.0. The van der Waals surface area contributed by atoms with Crippen LogP contribution in [0, 0.1) is 0 Å². The lowest BCUT2D eigenvalue weighted by atomic mass is 10.2. The Bertz CT molecular complexity index is 2040. The molecule has 0 radical (unpaired) electrons. The summed E-state index contributed by atoms with van der Waals surface area (Å²) >= 11 is 7.51. The molecule has 10 heteroatoms.